The fraction of sp³-hybridized carbons (Fsp3) is 1.00. The Bertz CT molecular complexity index is 190. The first-order chi connectivity index (χ1) is 7.75. The minimum atomic E-state index is 0.351. The molecule has 0 amide bonds. The van der Waals surface area contributed by atoms with Crippen molar-refractivity contribution >= 4 is 0 Å². The number of hydrogen-bond donors (Lipinski definition) is 1. The Balaban J connectivity index is 2.47. The summed E-state index contributed by atoms with van der Waals surface area (Å²) in [5.41, 5.74) is 0.351. The second-order valence-corrected chi connectivity index (χ2v) is 4.62. The number of ether oxygens (including phenoxy) is 2. The molecule has 1 saturated carbocycles. The van der Waals surface area contributed by atoms with Crippen molar-refractivity contribution in [1.29, 1.82) is 0 Å². The van der Waals surface area contributed by atoms with Gasteiger partial charge in [0.15, 0.2) is 0 Å². The van der Waals surface area contributed by atoms with E-state index < -0.39 is 0 Å². The van der Waals surface area contributed by atoms with Gasteiger partial charge in [0.25, 0.3) is 0 Å². The molecule has 96 valence electrons. The topological polar surface area (TPSA) is 30.5 Å². The van der Waals surface area contributed by atoms with Crippen molar-refractivity contribution < 1.29 is 9.47 Å². The highest BCUT2D eigenvalue weighted by Crippen LogP contribution is 2.48. The summed E-state index contributed by atoms with van der Waals surface area (Å²) in [7, 11) is 1.75. The van der Waals surface area contributed by atoms with E-state index in [9.17, 15) is 0 Å². The largest absolute Gasteiger partial charge is 0.383 e. The Kier molecular flexibility index (Phi) is 5.73. The Morgan fingerprint density at radius 1 is 1.25 bits per heavy atom. The first-order valence-electron chi connectivity index (χ1n) is 6.59. The summed E-state index contributed by atoms with van der Waals surface area (Å²) in [6.45, 7) is 9.21. The Morgan fingerprint density at radius 3 is 2.44 bits per heavy atom. The third kappa shape index (κ3) is 2.58. The van der Waals surface area contributed by atoms with E-state index in [1.54, 1.807) is 7.11 Å². The van der Waals surface area contributed by atoms with Crippen LogP contribution in [0, 0.1) is 5.41 Å². The molecule has 2 unspecified atom stereocenters. The summed E-state index contributed by atoms with van der Waals surface area (Å²) < 4.78 is 10.9. The van der Waals surface area contributed by atoms with Crippen molar-refractivity contribution in [3.63, 3.8) is 0 Å². The van der Waals surface area contributed by atoms with E-state index in [0.717, 1.165) is 26.2 Å². The first kappa shape index (κ1) is 13.9. The fourth-order valence-electron chi connectivity index (χ4n) is 3.00. The molecule has 1 fully saturated rings. The van der Waals surface area contributed by atoms with Crippen molar-refractivity contribution in [2.24, 2.45) is 5.41 Å². The summed E-state index contributed by atoms with van der Waals surface area (Å²) >= 11 is 0. The van der Waals surface area contributed by atoms with Gasteiger partial charge in [-0.05, 0) is 26.2 Å². The molecule has 0 saturated heterocycles. The molecule has 0 aromatic carbocycles. The fourth-order valence-corrected chi connectivity index (χ4v) is 3.00. The lowest BCUT2D eigenvalue weighted by Crippen LogP contribution is -2.63. The van der Waals surface area contributed by atoms with Crippen molar-refractivity contribution in [2.45, 2.75) is 52.2 Å². The standard InChI is InChI=1S/C13H27NO2/c1-5-13(6-2)11(14-8-9-15-4)10-12(13)16-7-3/h11-12,14H,5-10H2,1-4H3. The van der Waals surface area contributed by atoms with Crippen LogP contribution in [0.25, 0.3) is 0 Å². The van der Waals surface area contributed by atoms with Gasteiger partial charge in [0.2, 0.25) is 0 Å². The zero-order valence-corrected chi connectivity index (χ0v) is 11.2. The Labute approximate surface area is 99.9 Å². The smallest absolute Gasteiger partial charge is 0.0660 e. The van der Waals surface area contributed by atoms with Gasteiger partial charge < -0.3 is 14.8 Å². The monoisotopic (exact) mass is 229 g/mol. The molecule has 0 aromatic heterocycles. The lowest BCUT2D eigenvalue weighted by atomic mass is 9.58. The summed E-state index contributed by atoms with van der Waals surface area (Å²) in [6.07, 6.45) is 3.99. The molecule has 0 spiro atoms. The maximum atomic E-state index is 5.84. The van der Waals surface area contributed by atoms with Crippen LogP contribution in [0.4, 0.5) is 0 Å². The van der Waals surface area contributed by atoms with Crippen LogP contribution in [0.5, 0.6) is 0 Å². The molecular formula is C13H27NO2. The second-order valence-electron chi connectivity index (χ2n) is 4.62. The number of nitrogens with one attached hydrogen (secondary N) is 1. The molecule has 3 heteroatoms. The summed E-state index contributed by atoms with van der Waals surface area (Å²) in [6, 6.07) is 0.606. The Morgan fingerprint density at radius 2 is 1.94 bits per heavy atom. The lowest BCUT2D eigenvalue weighted by molar-refractivity contribution is -0.138. The minimum Gasteiger partial charge on any atom is -0.383 e. The molecule has 1 aliphatic carbocycles. The average Bonchev–Trinajstić information content (AvgIpc) is 2.29. The van der Waals surface area contributed by atoms with Crippen LogP contribution in [0.3, 0.4) is 0 Å². The molecule has 0 heterocycles. The second kappa shape index (κ2) is 6.58. The maximum absolute atomic E-state index is 5.84. The van der Waals surface area contributed by atoms with Crippen LogP contribution in [0.1, 0.15) is 40.0 Å². The van der Waals surface area contributed by atoms with E-state index in [1.165, 1.54) is 12.8 Å². The van der Waals surface area contributed by atoms with Crippen molar-refractivity contribution in [3.8, 4) is 0 Å². The molecule has 1 aliphatic rings. The number of methoxy groups -OCH3 is 1. The van der Waals surface area contributed by atoms with Gasteiger partial charge in [0, 0.05) is 31.7 Å². The van der Waals surface area contributed by atoms with Crippen LogP contribution < -0.4 is 5.32 Å². The van der Waals surface area contributed by atoms with E-state index in [2.05, 4.69) is 26.1 Å². The van der Waals surface area contributed by atoms with Gasteiger partial charge in [-0.1, -0.05) is 13.8 Å². The van der Waals surface area contributed by atoms with Crippen LogP contribution in [0.15, 0.2) is 0 Å². The van der Waals surface area contributed by atoms with Gasteiger partial charge in [0.1, 0.15) is 0 Å². The SMILES string of the molecule is CCOC1CC(NCCOC)C1(CC)CC. The van der Waals surface area contributed by atoms with Crippen LogP contribution in [0.2, 0.25) is 0 Å². The summed E-state index contributed by atoms with van der Waals surface area (Å²) in [5.74, 6) is 0. The molecule has 1 N–H and O–H groups in total. The molecule has 1 rings (SSSR count). The van der Waals surface area contributed by atoms with Crippen LogP contribution >= 0.6 is 0 Å². The van der Waals surface area contributed by atoms with E-state index in [-0.39, 0.29) is 0 Å². The molecular weight excluding hydrogens is 202 g/mol. The number of rotatable bonds is 8. The average molecular weight is 229 g/mol. The van der Waals surface area contributed by atoms with Gasteiger partial charge in [-0.25, -0.2) is 0 Å². The molecule has 3 nitrogen and oxygen atoms in total. The molecule has 0 bridgehead atoms. The third-order valence-corrected chi connectivity index (χ3v) is 4.17. The van der Waals surface area contributed by atoms with E-state index in [0.29, 0.717) is 17.6 Å². The van der Waals surface area contributed by atoms with Gasteiger partial charge in [0.05, 0.1) is 12.7 Å². The maximum Gasteiger partial charge on any atom is 0.0660 e. The highest BCUT2D eigenvalue weighted by molar-refractivity contribution is 5.06. The highest BCUT2D eigenvalue weighted by atomic mass is 16.5. The molecule has 2 atom stereocenters. The quantitative estimate of drug-likeness (QED) is 0.647. The predicted molar refractivity (Wildman–Crippen MR) is 66.7 cm³/mol. The molecule has 16 heavy (non-hydrogen) atoms. The van der Waals surface area contributed by atoms with E-state index in [1.807, 2.05) is 0 Å². The van der Waals surface area contributed by atoms with E-state index >= 15 is 0 Å². The van der Waals surface area contributed by atoms with Gasteiger partial charge >= 0.3 is 0 Å². The van der Waals surface area contributed by atoms with E-state index in [4.69, 9.17) is 9.47 Å². The molecule has 0 radical (unpaired) electrons. The summed E-state index contributed by atoms with van der Waals surface area (Å²) in [4.78, 5) is 0. The predicted octanol–water partition coefficient (Wildman–Crippen LogP) is 2.21. The molecule has 0 aliphatic heterocycles. The van der Waals surface area contributed by atoms with Gasteiger partial charge in [-0.3, -0.25) is 0 Å². The first-order valence-corrected chi connectivity index (χ1v) is 6.59. The van der Waals surface area contributed by atoms with Crippen molar-refractivity contribution in [1.82, 2.24) is 5.32 Å². The zero-order chi connectivity index (χ0) is 12.0. The minimum absolute atomic E-state index is 0.351. The summed E-state index contributed by atoms with van der Waals surface area (Å²) in [5, 5.41) is 3.60. The lowest BCUT2D eigenvalue weighted by Gasteiger charge is -2.55. The van der Waals surface area contributed by atoms with Crippen molar-refractivity contribution in [2.75, 3.05) is 26.9 Å². The number of hydrogen-bond acceptors (Lipinski definition) is 3. The Hall–Kier alpha value is -0.120. The van der Waals surface area contributed by atoms with Crippen molar-refractivity contribution in [3.05, 3.63) is 0 Å². The van der Waals surface area contributed by atoms with Gasteiger partial charge in [-0.15, -0.1) is 0 Å². The normalized spacial score (nSPS) is 27.8. The zero-order valence-electron chi connectivity index (χ0n) is 11.2. The van der Waals surface area contributed by atoms with Gasteiger partial charge in [-0.2, -0.15) is 0 Å². The highest BCUT2D eigenvalue weighted by Gasteiger charge is 2.52. The molecule has 0 aromatic rings. The third-order valence-electron chi connectivity index (χ3n) is 4.17. The van der Waals surface area contributed by atoms with Crippen LogP contribution in [-0.4, -0.2) is 39.0 Å². The van der Waals surface area contributed by atoms with Crippen LogP contribution in [-0.2, 0) is 9.47 Å².